The van der Waals surface area contributed by atoms with Crippen molar-refractivity contribution in [3.05, 3.63) is 29.3 Å². The number of piperidine rings is 1. The maximum Gasteiger partial charge on any atom is 0.309 e. The molecular formula is C21H31NO5. The number of hydrogen-bond donors (Lipinski definition) is 0. The van der Waals surface area contributed by atoms with Gasteiger partial charge >= 0.3 is 5.97 Å². The molecule has 0 aliphatic carbocycles. The van der Waals surface area contributed by atoms with E-state index in [0.29, 0.717) is 57.2 Å². The molecule has 0 unspecified atom stereocenters. The summed E-state index contributed by atoms with van der Waals surface area (Å²) in [5, 5.41) is 0. The summed E-state index contributed by atoms with van der Waals surface area (Å²) in [7, 11) is 1.61. The number of ether oxygens (including phenoxy) is 3. The van der Waals surface area contributed by atoms with Crippen LogP contribution in [0.4, 0.5) is 0 Å². The van der Waals surface area contributed by atoms with Crippen molar-refractivity contribution in [3.63, 3.8) is 0 Å². The van der Waals surface area contributed by atoms with E-state index in [0.717, 1.165) is 11.3 Å². The van der Waals surface area contributed by atoms with Crippen molar-refractivity contribution in [1.29, 1.82) is 0 Å². The molecule has 1 amide bonds. The predicted molar refractivity (Wildman–Crippen MR) is 103 cm³/mol. The first kappa shape index (κ1) is 21.2. The van der Waals surface area contributed by atoms with Crippen LogP contribution in [-0.4, -0.2) is 50.2 Å². The molecule has 1 aliphatic heterocycles. The Balaban J connectivity index is 2.00. The number of carbonyl (C=O) groups is 2. The summed E-state index contributed by atoms with van der Waals surface area (Å²) in [6.07, 6.45) is 1.29. The Bertz CT molecular complexity index is 635. The average Bonchev–Trinajstić information content (AvgIpc) is 2.67. The van der Waals surface area contributed by atoms with E-state index in [1.54, 1.807) is 18.1 Å². The highest BCUT2D eigenvalue weighted by Crippen LogP contribution is 2.24. The molecule has 1 aliphatic rings. The van der Waals surface area contributed by atoms with E-state index < -0.39 is 0 Å². The smallest absolute Gasteiger partial charge is 0.309 e. The highest BCUT2D eigenvalue weighted by atomic mass is 16.5. The molecule has 1 aromatic rings. The molecule has 1 fully saturated rings. The molecule has 1 aromatic carbocycles. The first-order valence-corrected chi connectivity index (χ1v) is 9.66. The highest BCUT2D eigenvalue weighted by molar-refractivity contribution is 5.94. The molecule has 0 aromatic heterocycles. The molecule has 1 saturated heterocycles. The molecule has 0 radical (unpaired) electrons. The van der Waals surface area contributed by atoms with Gasteiger partial charge in [-0.15, -0.1) is 0 Å². The Kier molecular flexibility index (Phi) is 8.10. The highest BCUT2D eigenvalue weighted by Gasteiger charge is 2.28. The Morgan fingerprint density at radius 1 is 1.22 bits per heavy atom. The van der Waals surface area contributed by atoms with Crippen molar-refractivity contribution in [3.8, 4) is 5.75 Å². The first-order chi connectivity index (χ1) is 13.0. The number of methoxy groups -OCH3 is 1. The molecule has 0 spiro atoms. The lowest BCUT2D eigenvalue weighted by molar-refractivity contribution is -0.149. The van der Waals surface area contributed by atoms with Crippen LogP contribution in [0.15, 0.2) is 18.2 Å². The number of rotatable bonds is 8. The normalized spacial score (nSPS) is 15.1. The third-order valence-electron chi connectivity index (χ3n) is 4.64. The number of nitrogens with zero attached hydrogens (tertiary/aromatic N) is 1. The topological polar surface area (TPSA) is 65.1 Å². The van der Waals surface area contributed by atoms with Crippen LogP contribution in [0, 0.1) is 11.8 Å². The zero-order valence-corrected chi connectivity index (χ0v) is 16.8. The van der Waals surface area contributed by atoms with Gasteiger partial charge in [0.1, 0.15) is 5.75 Å². The lowest BCUT2D eigenvalue weighted by atomic mass is 9.96. The second kappa shape index (κ2) is 10.3. The zero-order chi connectivity index (χ0) is 19.8. The van der Waals surface area contributed by atoms with Gasteiger partial charge in [-0.2, -0.15) is 0 Å². The Hall–Kier alpha value is -2.08. The Morgan fingerprint density at radius 2 is 1.93 bits per heavy atom. The molecular weight excluding hydrogens is 346 g/mol. The third-order valence-corrected chi connectivity index (χ3v) is 4.64. The lowest BCUT2D eigenvalue weighted by Gasteiger charge is -2.31. The van der Waals surface area contributed by atoms with Gasteiger partial charge in [-0.25, -0.2) is 0 Å². The van der Waals surface area contributed by atoms with E-state index in [1.807, 2.05) is 19.1 Å². The lowest BCUT2D eigenvalue weighted by Crippen LogP contribution is -2.40. The van der Waals surface area contributed by atoms with Crippen molar-refractivity contribution >= 4 is 11.9 Å². The molecule has 0 atom stereocenters. The quantitative estimate of drug-likeness (QED) is 0.651. The minimum atomic E-state index is -0.154. The maximum atomic E-state index is 12.9. The number of carbonyl (C=O) groups excluding carboxylic acids is 2. The Morgan fingerprint density at radius 3 is 2.52 bits per heavy atom. The summed E-state index contributed by atoms with van der Waals surface area (Å²) in [4.78, 5) is 26.5. The van der Waals surface area contributed by atoms with Gasteiger partial charge in [0.15, 0.2) is 0 Å². The van der Waals surface area contributed by atoms with Gasteiger partial charge in [-0.05, 0) is 43.9 Å². The number of esters is 1. The number of likely N-dealkylation sites (tertiary alicyclic amines) is 1. The van der Waals surface area contributed by atoms with Gasteiger partial charge < -0.3 is 19.1 Å². The van der Waals surface area contributed by atoms with Gasteiger partial charge in [0.2, 0.25) is 0 Å². The van der Waals surface area contributed by atoms with Crippen LogP contribution < -0.4 is 4.74 Å². The van der Waals surface area contributed by atoms with Crippen LogP contribution in [0.1, 0.15) is 49.5 Å². The molecule has 150 valence electrons. The van der Waals surface area contributed by atoms with Crippen LogP contribution in [0.3, 0.4) is 0 Å². The molecule has 27 heavy (non-hydrogen) atoms. The van der Waals surface area contributed by atoms with E-state index in [-0.39, 0.29) is 17.8 Å². The minimum Gasteiger partial charge on any atom is -0.496 e. The molecule has 2 rings (SSSR count). The molecule has 0 saturated carbocycles. The first-order valence-electron chi connectivity index (χ1n) is 9.66. The van der Waals surface area contributed by atoms with Gasteiger partial charge in [-0.1, -0.05) is 13.8 Å². The van der Waals surface area contributed by atoms with E-state index >= 15 is 0 Å². The fourth-order valence-electron chi connectivity index (χ4n) is 3.19. The van der Waals surface area contributed by atoms with Crippen LogP contribution in [-0.2, 0) is 20.9 Å². The summed E-state index contributed by atoms with van der Waals surface area (Å²) < 4.78 is 16.2. The van der Waals surface area contributed by atoms with E-state index in [1.165, 1.54) is 0 Å². The monoisotopic (exact) mass is 377 g/mol. The second-order valence-corrected chi connectivity index (χ2v) is 7.25. The van der Waals surface area contributed by atoms with Gasteiger partial charge in [0, 0.05) is 30.8 Å². The number of amides is 1. The van der Waals surface area contributed by atoms with Crippen molar-refractivity contribution in [2.75, 3.05) is 33.4 Å². The van der Waals surface area contributed by atoms with Crippen molar-refractivity contribution in [2.45, 2.75) is 40.2 Å². The third kappa shape index (κ3) is 5.96. The summed E-state index contributed by atoms with van der Waals surface area (Å²) in [6.45, 7) is 8.58. The molecule has 6 heteroatoms. The summed E-state index contributed by atoms with van der Waals surface area (Å²) >= 11 is 0. The predicted octanol–water partition coefficient (Wildman–Crippen LogP) is 3.28. The van der Waals surface area contributed by atoms with Crippen LogP contribution in [0.25, 0.3) is 0 Å². The molecule has 6 nitrogen and oxygen atoms in total. The summed E-state index contributed by atoms with van der Waals surface area (Å²) in [5.41, 5.74) is 1.49. The van der Waals surface area contributed by atoms with Crippen LogP contribution in [0.2, 0.25) is 0 Å². The van der Waals surface area contributed by atoms with Gasteiger partial charge in [-0.3, -0.25) is 9.59 Å². The van der Waals surface area contributed by atoms with Crippen molar-refractivity contribution < 1.29 is 23.8 Å². The van der Waals surface area contributed by atoms with Crippen molar-refractivity contribution in [1.82, 2.24) is 4.90 Å². The van der Waals surface area contributed by atoms with Gasteiger partial charge in [0.25, 0.3) is 5.91 Å². The standard InChI is InChI=1S/C21H31NO5/c1-5-27-21(24)16-8-10-22(11-9-16)20(23)17-6-7-19(25-4)18(12-17)14-26-13-15(2)3/h6-7,12,15-16H,5,8-11,13-14H2,1-4H3. The summed E-state index contributed by atoms with van der Waals surface area (Å²) in [5.74, 6) is 0.881. The fourth-order valence-corrected chi connectivity index (χ4v) is 3.19. The van der Waals surface area contributed by atoms with Crippen LogP contribution >= 0.6 is 0 Å². The number of benzene rings is 1. The molecule has 0 N–H and O–H groups in total. The fraction of sp³-hybridized carbons (Fsp3) is 0.619. The SMILES string of the molecule is CCOC(=O)C1CCN(C(=O)c2ccc(OC)c(COCC(C)C)c2)CC1. The average molecular weight is 377 g/mol. The molecule has 1 heterocycles. The number of hydrogen-bond acceptors (Lipinski definition) is 5. The zero-order valence-electron chi connectivity index (χ0n) is 16.8. The van der Waals surface area contributed by atoms with Crippen LogP contribution in [0.5, 0.6) is 5.75 Å². The van der Waals surface area contributed by atoms with Gasteiger partial charge in [0.05, 0.1) is 26.2 Å². The van der Waals surface area contributed by atoms with Crippen molar-refractivity contribution in [2.24, 2.45) is 11.8 Å². The van der Waals surface area contributed by atoms with E-state index in [4.69, 9.17) is 14.2 Å². The largest absolute Gasteiger partial charge is 0.496 e. The maximum absolute atomic E-state index is 12.9. The van der Waals surface area contributed by atoms with E-state index in [2.05, 4.69) is 13.8 Å². The Labute approximate surface area is 161 Å². The van der Waals surface area contributed by atoms with E-state index in [9.17, 15) is 9.59 Å². The second-order valence-electron chi connectivity index (χ2n) is 7.25. The molecule has 0 bridgehead atoms. The minimum absolute atomic E-state index is 0.0231. The summed E-state index contributed by atoms with van der Waals surface area (Å²) in [6, 6.07) is 5.44.